The maximum absolute atomic E-state index is 12.7. The second-order valence-electron chi connectivity index (χ2n) is 6.70. The van der Waals surface area contributed by atoms with E-state index >= 15 is 0 Å². The Hall–Kier alpha value is -2.02. The van der Waals surface area contributed by atoms with Gasteiger partial charge < -0.3 is 4.90 Å². The van der Waals surface area contributed by atoms with Gasteiger partial charge in [-0.3, -0.25) is 9.36 Å². The molecule has 1 N–H and O–H groups in total. The molecule has 26 heavy (non-hydrogen) atoms. The van der Waals surface area contributed by atoms with E-state index in [1.165, 1.54) is 30.2 Å². The van der Waals surface area contributed by atoms with Crippen molar-refractivity contribution in [3.63, 3.8) is 0 Å². The van der Waals surface area contributed by atoms with Gasteiger partial charge in [0.1, 0.15) is 0 Å². The van der Waals surface area contributed by atoms with Crippen LogP contribution >= 0.6 is 11.8 Å². The Kier molecular flexibility index (Phi) is 6.55. The zero-order chi connectivity index (χ0) is 18.4. The van der Waals surface area contributed by atoms with Crippen LogP contribution in [-0.2, 0) is 17.8 Å². The fraction of sp³-hybridized carbons (Fsp3) is 0.526. The monoisotopic (exact) mass is 374 g/mol. The highest BCUT2D eigenvalue weighted by molar-refractivity contribution is 8.00. The lowest BCUT2D eigenvalue weighted by Crippen LogP contribution is -2.37. The number of hydrogen-bond acceptors (Lipinski definition) is 4. The third-order valence-corrected chi connectivity index (χ3v) is 5.82. The van der Waals surface area contributed by atoms with Gasteiger partial charge in [0.25, 0.3) is 0 Å². The average Bonchev–Trinajstić information content (AvgIpc) is 2.86. The molecule has 2 heterocycles. The number of aromatic amines is 1. The zero-order valence-electron chi connectivity index (χ0n) is 15.2. The second-order valence-corrected chi connectivity index (χ2v) is 8.01. The number of hydrogen-bond donors (Lipinski definition) is 1. The van der Waals surface area contributed by atoms with Crippen molar-refractivity contribution in [1.82, 2.24) is 19.7 Å². The van der Waals surface area contributed by atoms with Gasteiger partial charge in [0.2, 0.25) is 5.91 Å². The molecule has 0 spiro atoms. The van der Waals surface area contributed by atoms with Crippen molar-refractivity contribution in [1.29, 1.82) is 0 Å². The highest BCUT2D eigenvalue weighted by Gasteiger charge is 2.24. The standard InChI is InChI=1S/C19H26N4O2S/c1-15(17(24)22-12-7-2-3-8-13-22)26-19-21-20-18(25)23(19)14-11-16-9-5-4-6-10-16/h4-6,9-10,15H,2-3,7-8,11-14H2,1H3,(H,20,25). The van der Waals surface area contributed by atoms with Crippen molar-refractivity contribution >= 4 is 17.7 Å². The number of nitrogens with one attached hydrogen (secondary N) is 1. The Morgan fingerprint density at radius 3 is 2.58 bits per heavy atom. The smallest absolute Gasteiger partial charge is 0.342 e. The summed E-state index contributed by atoms with van der Waals surface area (Å²) >= 11 is 1.36. The number of nitrogens with zero attached hydrogens (tertiary/aromatic N) is 3. The first-order valence-corrected chi connectivity index (χ1v) is 10.2. The number of carbonyl (C=O) groups is 1. The van der Waals surface area contributed by atoms with Gasteiger partial charge in [0, 0.05) is 19.6 Å². The van der Waals surface area contributed by atoms with Crippen LogP contribution in [0.1, 0.15) is 38.2 Å². The average molecular weight is 375 g/mol. The molecule has 1 atom stereocenters. The fourth-order valence-corrected chi connectivity index (χ4v) is 4.20. The summed E-state index contributed by atoms with van der Waals surface area (Å²) in [5, 5.41) is 6.98. The van der Waals surface area contributed by atoms with Gasteiger partial charge in [-0.05, 0) is 31.7 Å². The van der Waals surface area contributed by atoms with Crippen LogP contribution in [-0.4, -0.2) is 43.9 Å². The van der Waals surface area contributed by atoms with E-state index in [4.69, 9.17) is 0 Å². The van der Waals surface area contributed by atoms with Gasteiger partial charge in [0.05, 0.1) is 5.25 Å². The molecule has 1 fully saturated rings. The molecule has 1 aromatic carbocycles. The summed E-state index contributed by atoms with van der Waals surface area (Å²) in [4.78, 5) is 26.8. The SMILES string of the molecule is CC(Sc1n[nH]c(=O)n1CCc1ccccc1)C(=O)N1CCCCCC1. The Balaban J connectivity index is 1.64. The summed E-state index contributed by atoms with van der Waals surface area (Å²) in [6, 6.07) is 10.0. The van der Waals surface area contributed by atoms with Gasteiger partial charge in [-0.1, -0.05) is 54.9 Å². The molecule has 1 amide bonds. The third kappa shape index (κ3) is 4.78. The minimum Gasteiger partial charge on any atom is -0.342 e. The Morgan fingerprint density at radius 2 is 1.88 bits per heavy atom. The van der Waals surface area contributed by atoms with Crippen LogP contribution in [0.3, 0.4) is 0 Å². The number of thioether (sulfide) groups is 1. The topological polar surface area (TPSA) is 71.0 Å². The first kappa shape index (κ1) is 18.8. The van der Waals surface area contributed by atoms with Crippen molar-refractivity contribution in [3.8, 4) is 0 Å². The van der Waals surface area contributed by atoms with Crippen molar-refractivity contribution in [2.45, 2.75) is 56.0 Å². The summed E-state index contributed by atoms with van der Waals surface area (Å²) in [7, 11) is 0. The Labute approximate surface area is 158 Å². The van der Waals surface area contributed by atoms with Crippen molar-refractivity contribution in [2.24, 2.45) is 0 Å². The van der Waals surface area contributed by atoms with Crippen molar-refractivity contribution in [2.75, 3.05) is 13.1 Å². The van der Waals surface area contributed by atoms with E-state index < -0.39 is 0 Å². The second kappa shape index (κ2) is 9.07. The molecule has 7 heteroatoms. The van der Waals surface area contributed by atoms with Crippen LogP contribution < -0.4 is 5.69 Å². The lowest BCUT2D eigenvalue weighted by molar-refractivity contribution is -0.130. The van der Waals surface area contributed by atoms with Crippen LogP contribution in [0.2, 0.25) is 0 Å². The molecule has 0 radical (unpaired) electrons. The molecule has 140 valence electrons. The molecule has 3 rings (SSSR count). The van der Waals surface area contributed by atoms with Gasteiger partial charge in [-0.2, -0.15) is 0 Å². The highest BCUT2D eigenvalue weighted by atomic mass is 32.2. The van der Waals surface area contributed by atoms with E-state index in [0.717, 1.165) is 32.4 Å². The number of likely N-dealkylation sites (tertiary alicyclic amines) is 1. The number of carbonyl (C=O) groups excluding carboxylic acids is 1. The molecule has 1 saturated heterocycles. The van der Waals surface area contributed by atoms with Crippen molar-refractivity contribution in [3.05, 3.63) is 46.4 Å². The van der Waals surface area contributed by atoms with Gasteiger partial charge in [-0.15, -0.1) is 5.10 Å². The first-order valence-electron chi connectivity index (χ1n) is 9.30. The van der Waals surface area contributed by atoms with E-state index in [1.54, 1.807) is 4.57 Å². The maximum atomic E-state index is 12.7. The van der Waals surface area contributed by atoms with E-state index in [9.17, 15) is 9.59 Å². The first-order chi connectivity index (χ1) is 12.6. The van der Waals surface area contributed by atoms with Crippen molar-refractivity contribution < 1.29 is 4.79 Å². The number of amides is 1. The van der Waals surface area contributed by atoms with Crippen LogP contribution in [0, 0.1) is 0 Å². The van der Waals surface area contributed by atoms with Crippen LogP contribution in [0.15, 0.2) is 40.3 Å². The van der Waals surface area contributed by atoms with Gasteiger partial charge >= 0.3 is 5.69 Å². The fourth-order valence-electron chi connectivity index (χ4n) is 3.23. The third-order valence-electron chi connectivity index (χ3n) is 4.74. The Bertz CT molecular complexity index is 763. The van der Waals surface area contributed by atoms with Crippen LogP contribution in [0.25, 0.3) is 0 Å². The predicted octanol–water partition coefficient (Wildman–Crippen LogP) is 2.70. The molecular formula is C19H26N4O2S. The molecule has 0 aliphatic carbocycles. The lowest BCUT2D eigenvalue weighted by Gasteiger charge is -2.23. The molecule has 0 bridgehead atoms. The van der Waals surface area contributed by atoms with E-state index in [0.29, 0.717) is 11.7 Å². The van der Waals surface area contributed by atoms with Crippen LogP contribution in [0.5, 0.6) is 0 Å². The quantitative estimate of drug-likeness (QED) is 0.789. The summed E-state index contributed by atoms with van der Waals surface area (Å²) in [6.45, 7) is 4.13. The molecule has 1 aliphatic heterocycles. The maximum Gasteiger partial charge on any atom is 0.343 e. The molecule has 2 aromatic rings. The molecule has 1 aliphatic rings. The van der Waals surface area contributed by atoms with E-state index in [1.807, 2.05) is 42.2 Å². The highest BCUT2D eigenvalue weighted by Crippen LogP contribution is 2.23. The minimum atomic E-state index is -0.251. The summed E-state index contributed by atoms with van der Waals surface area (Å²) in [5.41, 5.74) is 0.947. The summed E-state index contributed by atoms with van der Waals surface area (Å²) in [6.07, 6.45) is 5.30. The molecule has 0 saturated carbocycles. The normalized spacial score (nSPS) is 16.3. The lowest BCUT2D eigenvalue weighted by atomic mass is 10.1. The number of rotatable bonds is 6. The van der Waals surface area contributed by atoms with Gasteiger partial charge in [0.15, 0.2) is 5.16 Å². The minimum absolute atomic E-state index is 0.141. The molecule has 6 nitrogen and oxygen atoms in total. The van der Waals surface area contributed by atoms with Gasteiger partial charge in [-0.25, -0.2) is 9.89 Å². The Morgan fingerprint density at radius 1 is 1.19 bits per heavy atom. The molecule has 1 aromatic heterocycles. The summed E-state index contributed by atoms with van der Waals surface area (Å²) in [5.74, 6) is 0.141. The predicted molar refractivity (Wildman–Crippen MR) is 103 cm³/mol. The molecule has 1 unspecified atom stereocenters. The molecular weight excluding hydrogens is 348 g/mol. The number of aryl methyl sites for hydroxylation is 1. The largest absolute Gasteiger partial charge is 0.343 e. The van der Waals surface area contributed by atoms with E-state index in [2.05, 4.69) is 10.2 Å². The van der Waals surface area contributed by atoms with E-state index in [-0.39, 0.29) is 16.8 Å². The number of aromatic nitrogens is 3. The summed E-state index contributed by atoms with van der Waals surface area (Å²) < 4.78 is 1.63. The zero-order valence-corrected chi connectivity index (χ0v) is 16.0. The van der Waals surface area contributed by atoms with Crippen LogP contribution in [0.4, 0.5) is 0 Å². The number of benzene rings is 1. The number of H-pyrrole nitrogens is 1.